The number of carbonyl (C=O) groups is 1. The summed E-state index contributed by atoms with van der Waals surface area (Å²) in [6, 6.07) is 8.22. The van der Waals surface area contributed by atoms with Gasteiger partial charge in [-0.1, -0.05) is 22.9 Å². The highest BCUT2D eigenvalue weighted by molar-refractivity contribution is 14.1. The van der Waals surface area contributed by atoms with Gasteiger partial charge in [0.05, 0.1) is 43.8 Å². The van der Waals surface area contributed by atoms with Gasteiger partial charge in [-0.2, -0.15) is 0 Å². The van der Waals surface area contributed by atoms with Crippen LogP contribution < -0.4 is 24.4 Å². The highest BCUT2D eigenvalue weighted by Crippen LogP contribution is 2.37. The first-order chi connectivity index (χ1) is 17.2. The van der Waals surface area contributed by atoms with Crippen LogP contribution in [0.4, 0.5) is 0 Å². The number of thiazole rings is 1. The van der Waals surface area contributed by atoms with Crippen molar-refractivity contribution in [3.63, 3.8) is 0 Å². The molecule has 0 aliphatic carbocycles. The molecule has 2 heterocycles. The number of benzene rings is 2. The van der Waals surface area contributed by atoms with E-state index in [1.807, 2.05) is 25.1 Å². The molecule has 36 heavy (non-hydrogen) atoms. The van der Waals surface area contributed by atoms with Crippen molar-refractivity contribution >= 4 is 80.2 Å². The molecule has 1 aliphatic rings. The molecule has 188 valence electrons. The molecule has 0 N–H and O–H groups in total. The molecule has 0 unspecified atom stereocenters. The van der Waals surface area contributed by atoms with E-state index in [0.29, 0.717) is 38.0 Å². The predicted molar refractivity (Wildman–Crippen MR) is 157 cm³/mol. The molecule has 0 saturated carbocycles. The van der Waals surface area contributed by atoms with Crippen molar-refractivity contribution in [2.75, 3.05) is 20.8 Å². The van der Waals surface area contributed by atoms with Crippen LogP contribution in [-0.2, 0) is 9.53 Å². The molecule has 1 aromatic heterocycles. The molecule has 3 aromatic rings. The molecule has 11 heteroatoms. The fraction of sp³-hybridized carbons (Fsp3) is 0.240. The summed E-state index contributed by atoms with van der Waals surface area (Å²) in [4.78, 5) is 31.7. The van der Waals surface area contributed by atoms with Gasteiger partial charge in [-0.3, -0.25) is 9.36 Å². The maximum absolute atomic E-state index is 13.8. The Hall–Kier alpha value is -1.90. The zero-order valence-corrected chi connectivity index (χ0v) is 25.6. The Balaban J connectivity index is 1.98. The number of aromatic nitrogens is 1. The second kappa shape index (κ2) is 11.2. The molecular formula is C25H21ClI2N2O5S. The first-order valence-corrected chi connectivity index (χ1v) is 14.1. The number of allylic oxidation sites excluding steroid dienone is 1. The van der Waals surface area contributed by atoms with Crippen LogP contribution in [0.1, 0.15) is 31.0 Å². The van der Waals surface area contributed by atoms with E-state index in [4.69, 9.17) is 25.8 Å². The topological polar surface area (TPSA) is 79.1 Å². The quantitative estimate of drug-likeness (QED) is 0.271. The highest BCUT2D eigenvalue weighted by atomic mass is 127. The van der Waals surface area contributed by atoms with E-state index in [1.54, 1.807) is 25.1 Å². The van der Waals surface area contributed by atoms with E-state index >= 15 is 0 Å². The summed E-state index contributed by atoms with van der Waals surface area (Å²) >= 11 is 12.0. The summed E-state index contributed by atoms with van der Waals surface area (Å²) in [5.74, 6) is 0.739. The molecule has 0 saturated heterocycles. The summed E-state index contributed by atoms with van der Waals surface area (Å²) in [7, 11) is 2.83. The lowest BCUT2D eigenvalue weighted by molar-refractivity contribution is -0.136. The lowest BCUT2D eigenvalue weighted by atomic mass is 9.95. The molecule has 1 atom stereocenters. The third-order valence-electron chi connectivity index (χ3n) is 5.52. The molecule has 0 fully saturated rings. The van der Waals surface area contributed by atoms with Gasteiger partial charge in [0.25, 0.3) is 5.56 Å². The van der Waals surface area contributed by atoms with Gasteiger partial charge in [-0.15, -0.1) is 0 Å². The number of hydrogen-bond acceptors (Lipinski definition) is 7. The van der Waals surface area contributed by atoms with Gasteiger partial charge >= 0.3 is 5.97 Å². The first kappa shape index (κ1) is 27.1. The predicted octanol–water partition coefficient (Wildman–Crippen LogP) is 4.68. The van der Waals surface area contributed by atoms with E-state index in [-0.39, 0.29) is 11.1 Å². The molecule has 2 aromatic carbocycles. The van der Waals surface area contributed by atoms with Gasteiger partial charge in [-0.05, 0) is 101 Å². The lowest BCUT2D eigenvalue weighted by Crippen LogP contribution is -2.40. The monoisotopic (exact) mass is 750 g/mol. The number of esters is 1. The Morgan fingerprint density at radius 2 is 1.92 bits per heavy atom. The Kier molecular flexibility index (Phi) is 8.47. The summed E-state index contributed by atoms with van der Waals surface area (Å²) in [5, 5.41) is 0.449. The standard InChI is InChI=1S/C25H21ClI2N2O5S/c1-5-35-22-16(27)8-13(9-17(22)28)10-19-23(31)30-21(15-11-14(26)6-7-18(15)33-3)20(24(32)34-4)12(2)29-25(30)36-19/h6-11,21H,5H2,1-4H3/b19-10-/t21-/m0/s1. The second-order valence-corrected chi connectivity index (χ2v) is 11.5. The van der Waals surface area contributed by atoms with Crippen molar-refractivity contribution in [2.24, 2.45) is 4.99 Å². The molecule has 0 amide bonds. The molecule has 1 aliphatic heterocycles. The Labute approximate surface area is 243 Å². The number of halogens is 3. The fourth-order valence-electron chi connectivity index (χ4n) is 4.00. The Morgan fingerprint density at radius 1 is 1.22 bits per heavy atom. The van der Waals surface area contributed by atoms with Crippen molar-refractivity contribution in [2.45, 2.75) is 19.9 Å². The van der Waals surface area contributed by atoms with E-state index in [9.17, 15) is 9.59 Å². The highest BCUT2D eigenvalue weighted by Gasteiger charge is 2.35. The minimum Gasteiger partial charge on any atom is -0.496 e. The fourth-order valence-corrected chi connectivity index (χ4v) is 7.36. The van der Waals surface area contributed by atoms with Crippen LogP contribution in [-0.4, -0.2) is 31.4 Å². The lowest BCUT2D eigenvalue weighted by Gasteiger charge is -2.25. The summed E-state index contributed by atoms with van der Waals surface area (Å²) in [5.41, 5.74) is 1.86. The van der Waals surface area contributed by atoms with Crippen molar-refractivity contribution in [1.82, 2.24) is 4.57 Å². The molecule has 4 rings (SSSR count). The zero-order valence-electron chi connectivity index (χ0n) is 19.7. The van der Waals surface area contributed by atoms with Gasteiger partial charge < -0.3 is 14.2 Å². The summed E-state index contributed by atoms with van der Waals surface area (Å²) in [6.45, 7) is 4.24. The second-order valence-electron chi connectivity index (χ2n) is 7.71. The van der Waals surface area contributed by atoms with Crippen LogP contribution in [0.5, 0.6) is 11.5 Å². The largest absolute Gasteiger partial charge is 0.496 e. The van der Waals surface area contributed by atoms with Gasteiger partial charge in [-0.25, -0.2) is 9.79 Å². The van der Waals surface area contributed by atoms with Crippen LogP contribution in [0.3, 0.4) is 0 Å². The minimum absolute atomic E-state index is 0.252. The van der Waals surface area contributed by atoms with E-state index in [0.717, 1.165) is 18.5 Å². The van der Waals surface area contributed by atoms with Crippen molar-refractivity contribution < 1.29 is 19.0 Å². The molecule has 0 bridgehead atoms. The van der Waals surface area contributed by atoms with Crippen LogP contribution in [0.15, 0.2) is 51.4 Å². The van der Waals surface area contributed by atoms with Crippen LogP contribution in [0.25, 0.3) is 6.08 Å². The van der Waals surface area contributed by atoms with Crippen LogP contribution >= 0.6 is 68.1 Å². The van der Waals surface area contributed by atoms with Gasteiger partial charge in [0.1, 0.15) is 17.5 Å². The van der Waals surface area contributed by atoms with E-state index < -0.39 is 12.0 Å². The van der Waals surface area contributed by atoms with Crippen LogP contribution in [0.2, 0.25) is 5.02 Å². The number of hydrogen-bond donors (Lipinski definition) is 0. The van der Waals surface area contributed by atoms with Gasteiger partial charge in [0.2, 0.25) is 0 Å². The van der Waals surface area contributed by atoms with Gasteiger partial charge in [0.15, 0.2) is 4.80 Å². The number of rotatable bonds is 6. The van der Waals surface area contributed by atoms with Crippen molar-refractivity contribution in [1.29, 1.82) is 0 Å². The van der Waals surface area contributed by atoms with Crippen LogP contribution in [0, 0.1) is 7.14 Å². The molecule has 0 radical (unpaired) electrons. The average molecular weight is 751 g/mol. The Morgan fingerprint density at radius 3 is 2.53 bits per heavy atom. The first-order valence-electron chi connectivity index (χ1n) is 10.8. The maximum Gasteiger partial charge on any atom is 0.338 e. The summed E-state index contributed by atoms with van der Waals surface area (Å²) in [6.07, 6.45) is 1.83. The Bertz CT molecular complexity index is 1550. The number of carbonyl (C=O) groups excluding carboxylic acids is 1. The third-order valence-corrected chi connectivity index (χ3v) is 8.34. The minimum atomic E-state index is -0.815. The van der Waals surface area contributed by atoms with Gasteiger partial charge in [0, 0.05) is 10.6 Å². The van der Waals surface area contributed by atoms with E-state index in [2.05, 4.69) is 50.2 Å². The third kappa shape index (κ3) is 5.09. The average Bonchev–Trinajstić information content (AvgIpc) is 3.14. The van der Waals surface area contributed by atoms with Crippen molar-refractivity contribution in [3.8, 4) is 11.5 Å². The summed E-state index contributed by atoms with van der Waals surface area (Å²) < 4.78 is 20.3. The maximum atomic E-state index is 13.8. The smallest absolute Gasteiger partial charge is 0.338 e. The number of methoxy groups -OCH3 is 2. The van der Waals surface area contributed by atoms with E-state index in [1.165, 1.54) is 30.1 Å². The number of ether oxygens (including phenoxy) is 3. The molecular weight excluding hydrogens is 730 g/mol. The number of fused-ring (bicyclic) bond motifs is 1. The van der Waals surface area contributed by atoms with Crippen molar-refractivity contribution in [3.05, 3.63) is 84.6 Å². The normalized spacial score (nSPS) is 15.4. The number of nitrogens with zero attached hydrogens (tertiary/aromatic N) is 2. The molecule has 0 spiro atoms. The molecule has 7 nitrogen and oxygen atoms in total. The SMILES string of the molecule is CCOc1c(I)cc(/C=c2\sc3n(c2=O)[C@@H](c2cc(Cl)ccc2OC)C(C(=O)OC)=C(C)N=3)cc1I. The zero-order chi connectivity index (χ0) is 26.1.